The van der Waals surface area contributed by atoms with Gasteiger partial charge in [0.2, 0.25) is 0 Å². The Morgan fingerprint density at radius 1 is 1.21 bits per heavy atom. The summed E-state index contributed by atoms with van der Waals surface area (Å²) in [5.74, 6) is 0.819. The average molecular weight is 254 g/mol. The van der Waals surface area contributed by atoms with E-state index in [1.165, 1.54) is 6.07 Å². The SMILES string of the molecule is Cc1nccn1-c1ccc([N+](=O)[O-])c2ccncc12. The zero-order valence-electron chi connectivity index (χ0n) is 10.1. The van der Waals surface area contributed by atoms with Crippen LogP contribution in [0, 0.1) is 17.0 Å². The summed E-state index contributed by atoms with van der Waals surface area (Å²) in [5.41, 5.74) is 0.919. The molecular weight excluding hydrogens is 244 g/mol. The third kappa shape index (κ3) is 1.74. The van der Waals surface area contributed by atoms with Crippen molar-refractivity contribution in [1.29, 1.82) is 0 Å². The van der Waals surface area contributed by atoms with E-state index in [-0.39, 0.29) is 10.6 Å². The maximum atomic E-state index is 11.0. The lowest BCUT2D eigenvalue weighted by atomic mass is 10.1. The van der Waals surface area contributed by atoms with Gasteiger partial charge >= 0.3 is 0 Å². The lowest BCUT2D eigenvalue weighted by molar-refractivity contribution is -0.383. The van der Waals surface area contributed by atoms with Crippen LogP contribution in [0.4, 0.5) is 5.69 Å². The van der Waals surface area contributed by atoms with Crippen LogP contribution in [0.25, 0.3) is 16.5 Å². The zero-order chi connectivity index (χ0) is 13.4. The second-order valence-corrected chi connectivity index (χ2v) is 4.13. The van der Waals surface area contributed by atoms with Crippen LogP contribution in [0.2, 0.25) is 0 Å². The molecule has 0 unspecified atom stereocenters. The van der Waals surface area contributed by atoms with Crippen LogP contribution in [0.3, 0.4) is 0 Å². The second-order valence-electron chi connectivity index (χ2n) is 4.13. The van der Waals surface area contributed by atoms with Crippen molar-refractivity contribution in [2.45, 2.75) is 6.92 Å². The number of aryl methyl sites for hydroxylation is 1. The van der Waals surface area contributed by atoms with Crippen LogP contribution in [-0.2, 0) is 0 Å². The number of non-ortho nitro benzene ring substituents is 1. The highest BCUT2D eigenvalue weighted by Gasteiger charge is 2.15. The largest absolute Gasteiger partial charge is 0.303 e. The summed E-state index contributed by atoms with van der Waals surface area (Å²) < 4.78 is 1.88. The number of nitro benzene ring substituents is 1. The van der Waals surface area contributed by atoms with E-state index in [4.69, 9.17) is 0 Å². The molecule has 0 aliphatic heterocycles. The van der Waals surface area contributed by atoms with Gasteiger partial charge in [0.05, 0.1) is 16.0 Å². The van der Waals surface area contributed by atoms with Crippen LogP contribution in [-0.4, -0.2) is 19.5 Å². The van der Waals surface area contributed by atoms with Gasteiger partial charge in [-0.15, -0.1) is 0 Å². The number of aromatic nitrogens is 3. The maximum absolute atomic E-state index is 11.0. The molecule has 6 nitrogen and oxygen atoms in total. The number of nitro groups is 1. The van der Waals surface area contributed by atoms with E-state index >= 15 is 0 Å². The van der Waals surface area contributed by atoms with Gasteiger partial charge in [-0.3, -0.25) is 15.1 Å². The number of nitrogens with zero attached hydrogens (tertiary/aromatic N) is 4. The minimum atomic E-state index is -0.382. The van der Waals surface area contributed by atoms with Crippen molar-refractivity contribution < 1.29 is 4.92 Å². The number of hydrogen-bond acceptors (Lipinski definition) is 4. The van der Waals surface area contributed by atoms with Crippen molar-refractivity contribution in [3.05, 3.63) is 58.9 Å². The van der Waals surface area contributed by atoms with Gasteiger partial charge in [-0.25, -0.2) is 4.98 Å². The maximum Gasteiger partial charge on any atom is 0.277 e. The first kappa shape index (κ1) is 11.3. The topological polar surface area (TPSA) is 73.8 Å². The molecule has 0 spiro atoms. The molecule has 0 radical (unpaired) electrons. The number of rotatable bonds is 2. The molecule has 0 aliphatic rings. The first-order valence-electron chi connectivity index (χ1n) is 5.70. The van der Waals surface area contributed by atoms with E-state index in [0.29, 0.717) is 5.39 Å². The molecule has 3 aromatic rings. The molecule has 0 saturated heterocycles. The molecule has 2 aromatic heterocycles. The van der Waals surface area contributed by atoms with E-state index in [0.717, 1.165) is 16.9 Å². The predicted molar refractivity (Wildman–Crippen MR) is 70.3 cm³/mol. The Kier molecular flexibility index (Phi) is 2.49. The Labute approximate surface area is 108 Å². The monoisotopic (exact) mass is 254 g/mol. The molecule has 2 heterocycles. The van der Waals surface area contributed by atoms with Gasteiger partial charge in [0.15, 0.2) is 0 Å². The second kappa shape index (κ2) is 4.16. The highest BCUT2D eigenvalue weighted by molar-refractivity contribution is 5.96. The molecule has 0 atom stereocenters. The lowest BCUT2D eigenvalue weighted by Crippen LogP contribution is -1.99. The van der Waals surface area contributed by atoms with Gasteiger partial charge in [-0.1, -0.05) is 0 Å². The van der Waals surface area contributed by atoms with Crippen molar-refractivity contribution in [2.75, 3.05) is 0 Å². The summed E-state index contributed by atoms with van der Waals surface area (Å²) >= 11 is 0. The zero-order valence-corrected chi connectivity index (χ0v) is 10.1. The summed E-state index contributed by atoms with van der Waals surface area (Å²) in [6.07, 6.45) is 6.71. The van der Waals surface area contributed by atoms with Gasteiger partial charge in [0.25, 0.3) is 5.69 Å². The Hall–Kier alpha value is -2.76. The number of pyridine rings is 1. The van der Waals surface area contributed by atoms with E-state index in [1.54, 1.807) is 30.7 Å². The highest BCUT2D eigenvalue weighted by atomic mass is 16.6. The number of benzene rings is 1. The fourth-order valence-corrected chi connectivity index (χ4v) is 2.16. The van der Waals surface area contributed by atoms with E-state index in [9.17, 15) is 10.1 Å². The molecule has 0 fully saturated rings. The first-order chi connectivity index (χ1) is 9.18. The third-order valence-corrected chi connectivity index (χ3v) is 3.05. The van der Waals surface area contributed by atoms with E-state index in [1.807, 2.05) is 17.7 Å². The minimum absolute atomic E-state index is 0.0823. The standard InChI is InChI=1S/C13H10N4O2/c1-9-15-6-7-16(9)12-2-3-13(17(18)19)10-4-5-14-8-11(10)12/h2-8H,1H3. The summed E-state index contributed by atoms with van der Waals surface area (Å²) in [5, 5.41) is 12.4. The number of fused-ring (bicyclic) bond motifs is 1. The predicted octanol–water partition coefficient (Wildman–Crippen LogP) is 2.64. The molecule has 0 saturated carbocycles. The molecule has 19 heavy (non-hydrogen) atoms. The van der Waals surface area contributed by atoms with Crippen molar-refractivity contribution in [1.82, 2.24) is 14.5 Å². The molecule has 94 valence electrons. The van der Waals surface area contributed by atoms with Gasteiger partial charge in [-0.2, -0.15) is 0 Å². The molecule has 6 heteroatoms. The van der Waals surface area contributed by atoms with Gasteiger partial charge < -0.3 is 4.57 Å². The molecular formula is C13H10N4O2. The van der Waals surface area contributed by atoms with Crippen molar-refractivity contribution in [3.8, 4) is 5.69 Å². The summed E-state index contributed by atoms with van der Waals surface area (Å²) in [6, 6.07) is 4.89. The molecule has 0 aliphatic carbocycles. The van der Waals surface area contributed by atoms with E-state index in [2.05, 4.69) is 9.97 Å². The van der Waals surface area contributed by atoms with Crippen LogP contribution in [0.5, 0.6) is 0 Å². The highest BCUT2D eigenvalue weighted by Crippen LogP contribution is 2.30. The van der Waals surface area contributed by atoms with Crippen LogP contribution < -0.4 is 0 Å². The quantitative estimate of drug-likeness (QED) is 0.520. The van der Waals surface area contributed by atoms with Crippen LogP contribution >= 0.6 is 0 Å². The van der Waals surface area contributed by atoms with Gasteiger partial charge in [-0.05, 0) is 19.1 Å². The molecule has 0 amide bonds. The Morgan fingerprint density at radius 3 is 2.74 bits per heavy atom. The van der Waals surface area contributed by atoms with Gasteiger partial charge in [0, 0.05) is 36.2 Å². The van der Waals surface area contributed by atoms with Crippen molar-refractivity contribution in [3.63, 3.8) is 0 Å². The van der Waals surface area contributed by atoms with E-state index < -0.39 is 0 Å². The fourth-order valence-electron chi connectivity index (χ4n) is 2.16. The average Bonchev–Trinajstić information content (AvgIpc) is 2.83. The van der Waals surface area contributed by atoms with Crippen LogP contribution in [0.15, 0.2) is 43.0 Å². The Balaban J connectivity index is 2.38. The molecule has 0 N–H and O–H groups in total. The third-order valence-electron chi connectivity index (χ3n) is 3.05. The summed E-state index contributed by atoms with van der Waals surface area (Å²) in [6.45, 7) is 1.88. The molecule has 3 rings (SSSR count). The number of hydrogen-bond donors (Lipinski definition) is 0. The summed E-state index contributed by atoms with van der Waals surface area (Å²) in [4.78, 5) is 18.9. The first-order valence-corrected chi connectivity index (χ1v) is 5.70. The molecule has 0 bridgehead atoms. The smallest absolute Gasteiger partial charge is 0.277 e. The minimum Gasteiger partial charge on any atom is -0.303 e. The Morgan fingerprint density at radius 2 is 2.05 bits per heavy atom. The van der Waals surface area contributed by atoms with Crippen LogP contribution in [0.1, 0.15) is 5.82 Å². The number of imidazole rings is 1. The fraction of sp³-hybridized carbons (Fsp3) is 0.0769. The van der Waals surface area contributed by atoms with Crippen molar-refractivity contribution in [2.24, 2.45) is 0 Å². The normalized spacial score (nSPS) is 10.8. The van der Waals surface area contributed by atoms with Crippen molar-refractivity contribution >= 4 is 16.5 Å². The summed E-state index contributed by atoms with van der Waals surface area (Å²) in [7, 11) is 0. The lowest BCUT2D eigenvalue weighted by Gasteiger charge is -2.09. The van der Waals surface area contributed by atoms with Gasteiger partial charge in [0.1, 0.15) is 5.82 Å². The Bertz CT molecular complexity index is 779. The molecule has 1 aromatic carbocycles.